The fraction of sp³-hybridized carbons (Fsp3) is 0.200. The van der Waals surface area contributed by atoms with E-state index in [-0.39, 0.29) is 18.2 Å². The van der Waals surface area contributed by atoms with Crippen LogP contribution < -0.4 is 10.5 Å². The van der Waals surface area contributed by atoms with Crippen molar-refractivity contribution in [3.8, 4) is 0 Å². The van der Waals surface area contributed by atoms with E-state index in [1.54, 1.807) is 12.1 Å². The third kappa shape index (κ3) is 3.12. The van der Waals surface area contributed by atoms with Gasteiger partial charge in [0.25, 0.3) is 10.0 Å². The van der Waals surface area contributed by atoms with Crippen LogP contribution in [-0.2, 0) is 23.1 Å². The molecular weight excluding hydrogens is 296 g/mol. The molecule has 2 rings (SSSR count). The molecule has 0 radical (unpaired) electrons. The molecular formula is C10H11ClN2O3S2. The molecule has 0 atom stereocenters. The summed E-state index contributed by atoms with van der Waals surface area (Å²) in [6.07, 6.45) is 0. The molecule has 0 saturated heterocycles. The van der Waals surface area contributed by atoms with Gasteiger partial charge in [0, 0.05) is 11.4 Å². The SMILES string of the molecule is NCc1ccc(S(=O)(=O)NCc2ccc(Cl)s2)o1. The third-order valence-electron chi connectivity index (χ3n) is 2.17. The molecule has 0 spiro atoms. The fourth-order valence-electron chi connectivity index (χ4n) is 1.30. The van der Waals surface area contributed by atoms with E-state index in [9.17, 15) is 8.42 Å². The van der Waals surface area contributed by atoms with Crippen LogP contribution in [0.4, 0.5) is 0 Å². The number of nitrogens with one attached hydrogen (secondary N) is 1. The van der Waals surface area contributed by atoms with E-state index in [0.29, 0.717) is 10.1 Å². The Hall–Kier alpha value is -0.860. The van der Waals surface area contributed by atoms with E-state index in [2.05, 4.69) is 4.72 Å². The highest BCUT2D eigenvalue weighted by Crippen LogP contribution is 2.22. The maximum Gasteiger partial charge on any atom is 0.274 e. The number of hydrogen-bond donors (Lipinski definition) is 2. The van der Waals surface area contributed by atoms with Crippen LogP contribution in [0.5, 0.6) is 0 Å². The first-order valence-corrected chi connectivity index (χ1v) is 7.71. The van der Waals surface area contributed by atoms with Crippen LogP contribution >= 0.6 is 22.9 Å². The first-order chi connectivity index (χ1) is 8.51. The molecule has 0 amide bonds. The molecule has 0 bridgehead atoms. The summed E-state index contributed by atoms with van der Waals surface area (Å²) in [5.41, 5.74) is 5.35. The minimum Gasteiger partial charge on any atom is -0.447 e. The average molecular weight is 307 g/mol. The normalized spacial score (nSPS) is 11.9. The smallest absolute Gasteiger partial charge is 0.274 e. The zero-order valence-corrected chi connectivity index (χ0v) is 11.6. The molecule has 2 heterocycles. The second-order valence-corrected chi connectivity index (χ2v) is 6.95. The summed E-state index contributed by atoms with van der Waals surface area (Å²) in [6.45, 7) is 0.342. The Morgan fingerprint density at radius 2 is 2.11 bits per heavy atom. The molecule has 5 nitrogen and oxygen atoms in total. The van der Waals surface area contributed by atoms with Gasteiger partial charge in [-0.25, -0.2) is 13.1 Å². The van der Waals surface area contributed by atoms with Crippen molar-refractivity contribution in [3.63, 3.8) is 0 Å². The van der Waals surface area contributed by atoms with Crippen molar-refractivity contribution in [2.45, 2.75) is 18.2 Å². The highest BCUT2D eigenvalue weighted by atomic mass is 35.5. The van der Waals surface area contributed by atoms with Gasteiger partial charge in [-0.15, -0.1) is 11.3 Å². The quantitative estimate of drug-likeness (QED) is 0.884. The minimum absolute atomic E-state index is 0.134. The molecule has 0 aliphatic heterocycles. The molecule has 0 saturated carbocycles. The van der Waals surface area contributed by atoms with Crippen LogP contribution in [-0.4, -0.2) is 8.42 Å². The van der Waals surface area contributed by atoms with E-state index in [4.69, 9.17) is 21.8 Å². The first kappa shape index (κ1) is 13.6. The number of hydrogen-bond acceptors (Lipinski definition) is 5. The fourth-order valence-corrected chi connectivity index (χ4v) is 3.37. The lowest BCUT2D eigenvalue weighted by Gasteiger charge is -2.02. The molecule has 0 aromatic carbocycles. The summed E-state index contributed by atoms with van der Waals surface area (Å²) in [5.74, 6) is 0.426. The summed E-state index contributed by atoms with van der Waals surface area (Å²) in [7, 11) is -3.65. The van der Waals surface area contributed by atoms with Crippen molar-refractivity contribution >= 4 is 33.0 Å². The molecule has 18 heavy (non-hydrogen) atoms. The molecule has 3 N–H and O–H groups in total. The predicted molar refractivity (Wildman–Crippen MR) is 70.0 cm³/mol. The van der Waals surface area contributed by atoms with Crippen LogP contribution in [0, 0.1) is 0 Å². The van der Waals surface area contributed by atoms with Gasteiger partial charge in [-0.3, -0.25) is 0 Å². The summed E-state index contributed by atoms with van der Waals surface area (Å²) in [5, 5.41) is -0.134. The monoisotopic (exact) mass is 306 g/mol. The molecule has 0 unspecified atom stereocenters. The van der Waals surface area contributed by atoms with Gasteiger partial charge in [-0.2, -0.15) is 0 Å². The van der Waals surface area contributed by atoms with Crippen molar-refractivity contribution in [3.05, 3.63) is 39.2 Å². The molecule has 98 valence electrons. The molecule has 0 aliphatic rings. The lowest BCUT2D eigenvalue weighted by atomic mass is 10.5. The minimum atomic E-state index is -3.65. The Balaban J connectivity index is 2.07. The van der Waals surface area contributed by atoms with E-state index < -0.39 is 10.0 Å². The summed E-state index contributed by atoms with van der Waals surface area (Å²) in [4.78, 5) is 0.828. The number of furan rings is 1. The summed E-state index contributed by atoms with van der Waals surface area (Å²) >= 11 is 7.08. The predicted octanol–water partition coefficient (Wildman–Crippen LogP) is 1.93. The zero-order valence-electron chi connectivity index (χ0n) is 9.22. The van der Waals surface area contributed by atoms with E-state index >= 15 is 0 Å². The van der Waals surface area contributed by atoms with E-state index in [1.807, 2.05) is 0 Å². The Kier molecular flexibility index (Phi) is 4.08. The van der Waals surface area contributed by atoms with Crippen LogP contribution in [0.25, 0.3) is 0 Å². The Morgan fingerprint density at radius 1 is 1.33 bits per heavy atom. The van der Waals surface area contributed by atoms with Crippen molar-refractivity contribution in [2.75, 3.05) is 0 Å². The van der Waals surface area contributed by atoms with Gasteiger partial charge in [0.15, 0.2) is 0 Å². The largest absolute Gasteiger partial charge is 0.447 e. The van der Waals surface area contributed by atoms with Gasteiger partial charge in [0.05, 0.1) is 10.9 Å². The number of thiophene rings is 1. The second-order valence-electron chi connectivity index (χ2n) is 3.46. The highest BCUT2D eigenvalue weighted by Gasteiger charge is 2.18. The van der Waals surface area contributed by atoms with Crippen molar-refractivity contribution in [1.82, 2.24) is 4.72 Å². The Bertz CT molecular complexity index is 633. The molecule has 2 aromatic rings. The lowest BCUT2D eigenvalue weighted by molar-refractivity contribution is 0.413. The van der Waals surface area contributed by atoms with Gasteiger partial charge in [-0.05, 0) is 24.3 Å². The van der Waals surface area contributed by atoms with Gasteiger partial charge in [0.2, 0.25) is 5.09 Å². The molecule has 8 heteroatoms. The second kappa shape index (κ2) is 5.41. The van der Waals surface area contributed by atoms with Crippen LogP contribution in [0.2, 0.25) is 4.34 Å². The first-order valence-electron chi connectivity index (χ1n) is 5.04. The summed E-state index contributed by atoms with van der Waals surface area (Å²) in [6, 6.07) is 6.40. The maximum atomic E-state index is 11.9. The maximum absolute atomic E-state index is 11.9. The summed E-state index contributed by atoms with van der Waals surface area (Å²) < 4.78 is 31.9. The van der Waals surface area contributed by atoms with Gasteiger partial charge >= 0.3 is 0 Å². The lowest BCUT2D eigenvalue weighted by Crippen LogP contribution is -2.22. The van der Waals surface area contributed by atoms with Gasteiger partial charge in [-0.1, -0.05) is 11.6 Å². The van der Waals surface area contributed by atoms with Gasteiger partial charge in [0.1, 0.15) is 5.76 Å². The van der Waals surface area contributed by atoms with Crippen molar-refractivity contribution in [1.29, 1.82) is 0 Å². The third-order valence-corrected chi connectivity index (χ3v) is 4.67. The number of nitrogens with two attached hydrogens (primary N) is 1. The highest BCUT2D eigenvalue weighted by molar-refractivity contribution is 7.89. The topological polar surface area (TPSA) is 85.3 Å². The standard InChI is InChI=1S/C10H11ClN2O3S2/c11-9-3-2-8(17-9)6-13-18(14,15)10-4-1-7(5-12)16-10/h1-4,13H,5-6,12H2. The van der Waals surface area contributed by atoms with Crippen molar-refractivity contribution < 1.29 is 12.8 Å². The molecule has 0 fully saturated rings. The number of rotatable bonds is 5. The van der Waals surface area contributed by atoms with Crippen LogP contribution in [0.15, 0.2) is 33.8 Å². The molecule has 2 aromatic heterocycles. The Labute approximate surface area is 114 Å². The number of sulfonamides is 1. The number of halogens is 1. The van der Waals surface area contributed by atoms with E-state index in [1.165, 1.54) is 23.5 Å². The van der Waals surface area contributed by atoms with Crippen LogP contribution in [0.1, 0.15) is 10.6 Å². The van der Waals surface area contributed by atoms with Crippen LogP contribution in [0.3, 0.4) is 0 Å². The Morgan fingerprint density at radius 3 is 2.67 bits per heavy atom. The van der Waals surface area contributed by atoms with E-state index in [0.717, 1.165) is 4.88 Å². The molecule has 0 aliphatic carbocycles. The zero-order chi connectivity index (χ0) is 13.2. The van der Waals surface area contributed by atoms with Crippen molar-refractivity contribution in [2.24, 2.45) is 5.73 Å². The average Bonchev–Trinajstić information content (AvgIpc) is 2.95. The van der Waals surface area contributed by atoms with Gasteiger partial charge < -0.3 is 10.2 Å².